The van der Waals surface area contributed by atoms with Gasteiger partial charge in [0.1, 0.15) is 9.84 Å². The van der Waals surface area contributed by atoms with Crippen LogP contribution in [0.1, 0.15) is 17.2 Å². The first-order chi connectivity index (χ1) is 8.76. The van der Waals surface area contributed by atoms with Crippen LogP contribution in [0.4, 0.5) is 10.5 Å². The fraction of sp³-hybridized carbons (Fsp3) is 0.417. The lowest BCUT2D eigenvalue weighted by atomic mass is 10.0. The molecule has 1 aromatic rings. The zero-order valence-electron chi connectivity index (χ0n) is 10.8. The molecule has 1 unspecified atom stereocenters. The van der Waals surface area contributed by atoms with E-state index in [0.717, 1.165) is 11.8 Å². The Labute approximate surface area is 112 Å². The molecule has 19 heavy (non-hydrogen) atoms. The number of hydrogen-bond donors (Lipinski definition) is 2. The Morgan fingerprint density at radius 2 is 2.16 bits per heavy atom. The van der Waals surface area contributed by atoms with E-state index in [0.29, 0.717) is 17.8 Å². The molecule has 0 radical (unpaired) electrons. The molecule has 1 atom stereocenters. The number of aliphatic hydroxyl groups excluding tert-OH is 1. The van der Waals surface area contributed by atoms with E-state index >= 15 is 0 Å². The van der Waals surface area contributed by atoms with Crippen molar-refractivity contribution in [3.8, 4) is 0 Å². The normalized spacial score (nSPS) is 16.8. The van der Waals surface area contributed by atoms with Crippen molar-refractivity contribution in [2.75, 3.05) is 24.4 Å². The Bertz CT molecular complexity index is 612. The summed E-state index contributed by atoms with van der Waals surface area (Å²) in [4.78, 5) is 13.0. The van der Waals surface area contributed by atoms with E-state index in [9.17, 15) is 18.3 Å². The molecular weight excluding hydrogens is 268 g/mol. The Morgan fingerprint density at radius 1 is 1.47 bits per heavy atom. The summed E-state index contributed by atoms with van der Waals surface area (Å²) >= 11 is 0. The molecule has 2 amide bonds. The topological polar surface area (TPSA) is 86.7 Å². The molecule has 0 aromatic heterocycles. The third kappa shape index (κ3) is 3.24. The van der Waals surface area contributed by atoms with Gasteiger partial charge in [0.2, 0.25) is 0 Å². The lowest BCUT2D eigenvalue weighted by Gasteiger charge is -2.26. The van der Waals surface area contributed by atoms with Crippen molar-refractivity contribution < 1.29 is 18.3 Å². The van der Waals surface area contributed by atoms with E-state index in [-0.39, 0.29) is 11.8 Å². The summed E-state index contributed by atoms with van der Waals surface area (Å²) < 4.78 is 22.3. The van der Waals surface area contributed by atoms with Gasteiger partial charge in [-0.2, -0.15) is 0 Å². The van der Waals surface area contributed by atoms with E-state index in [1.807, 2.05) is 0 Å². The molecule has 0 saturated heterocycles. The average molecular weight is 284 g/mol. The second kappa shape index (κ2) is 4.82. The molecule has 1 aliphatic heterocycles. The second-order valence-electron chi connectivity index (χ2n) is 4.81. The third-order valence-corrected chi connectivity index (χ3v) is 3.89. The number of anilines is 1. The fourth-order valence-electron chi connectivity index (χ4n) is 1.99. The highest BCUT2D eigenvalue weighted by Crippen LogP contribution is 2.26. The minimum Gasteiger partial charge on any atom is -0.387 e. The van der Waals surface area contributed by atoms with Crippen LogP contribution in [0.5, 0.6) is 0 Å². The quantitative estimate of drug-likeness (QED) is 0.857. The number of fused-ring (bicyclic) bond motifs is 1. The van der Waals surface area contributed by atoms with Gasteiger partial charge in [-0.15, -0.1) is 0 Å². The number of carbonyl (C=O) groups is 1. The monoisotopic (exact) mass is 284 g/mol. The summed E-state index contributed by atoms with van der Waals surface area (Å²) in [5.74, 6) is -0.312. The Morgan fingerprint density at radius 3 is 2.79 bits per heavy atom. The summed E-state index contributed by atoms with van der Waals surface area (Å²) in [5, 5.41) is 12.6. The molecule has 0 aliphatic carbocycles. The maximum absolute atomic E-state index is 11.4. The first-order valence-corrected chi connectivity index (χ1v) is 7.83. The Kier molecular flexibility index (Phi) is 3.51. The summed E-state index contributed by atoms with van der Waals surface area (Å²) in [6, 6.07) is 4.85. The third-order valence-electron chi connectivity index (χ3n) is 2.97. The van der Waals surface area contributed by atoms with Crippen molar-refractivity contribution in [3.63, 3.8) is 0 Å². The van der Waals surface area contributed by atoms with Crippen LogP contribution in [0.25, 0.3) is 0 Å². The number of nitrogens with zero attached hydrogens (tertiary/aromatic N) is 1. The molecule has 0 saturated carbocycles. The maximum atomic E-state index is 11.4. The summed E-state index contributed by atoms with van der Waals surface area (Å²) in [6.45, 7) is 0.431. The van der Waals surface area contributed by atoms with Crippen LogP contribution < -0.4 is 5.32 Å². The molecule has 1 heterocycles. The van der Waals surface area contributed by atoms with Crippen LogP contribution in [0.15, 0.2) is 18.2 Å². The first kappa shape index (κ1) is 13.8. The van der Waals surface area contributed by atoms with Crippen LogP contribution >= 0.6 is 0 Å². The number of carbonyl (C=O) groups excluding carboxylic acids is 1. The number of nitrogens with one attached hydrogen (secondary N) is 1. The molecule has 2 rings (SSSR count). The molecule has 1 aromatic carbocycles. The molecule has 0 bridgehead atoms. The van der Waals surface area contributed by atoms with Crippen molar-refractivity contribution in [1.82, 2.24) is 4.90 Å². The van der Waals surface area contributed by atoms with Gasteiger partial charge in [0.25, 0.3) is 0 Å². The summed E-state index contributed by atoms with van der Waals surface area (Å²) in [7, 11) is -1.58. The molecule has 0 fully saturated rings. The number of aliphatic hydroxyl groups is 1. The molecule has 2 N–H and O–H groups in total. The van der Waals surface area contributed by atoms with Crippen molar-refractivity contribution >= 4 is 21.6 Å². The first-order valence-electron chi connectivity index (χ1n) is 5.77. The number of urea groups is 1. The van der Waals surface area contributed by atoms with Crippen molar-refractivity contribution in [3.05, 3.63) is 29.3 Å². The summed E-state index contributed by atoms with van der Waals surface area (Å²) in [5.41, 5.74) is 2.08. The highest BCUT2D eigenvalue weighted by atomic mass is 32.2. The van der Waals surface area contributed by atoms with Gasteiger partial charge in [-0.3, -0.25) is 0 Å². The van der Waals surface area contributed by atoms with Gasteiger partial charge in [-0.1, -0.05) is 6.07 Å². The van der Waals surface area contributed by atoms with Gasteiger partial charge in [0, 0.05) is 25.5 Å². The maximum Gasteiger partial charge on any atom is 0.321 e. The zero-order chi connectivity index (χ0) is 14.2. The largest absolute Gasteiger partial charge is 0.387 e. The van der Waals surface area contributed by atoms with Gasteiger partial charge >= 0.3 is 6.03 Å². The highest BCUT2D eigenvalue weighted by molar-refractivity contribution is 7.90. The minimum absolute atomic E-state index is 0.183. The predicted molar refractivity (Wildman–Crippen MR) is 71.6 cm³/mol. The lowest BCUT2D eigenvalue weighted by molar-refractivity contribution is 0.201. The fourth-order valence-corrected chi connectivity index (χ4v) is 2.76. The van der Waals surface area contributed by atoms with Crippen LogP contribution in [-0.2, 0) is 16.4 Å². The molecule has 1 aliphatic rings. The smallest absolute Gasteiger partial charge is 0.321 e. The van der Waals surface area contributed by atoms with Crippen LogP contribution in [0.2, 0.25) is 0 Å². The van der Waals surface area contributed by atoms with Crippen LogP contribution in [0.3, 0.4) is 0 Å². The number of sulfone groups is 1. The van der Waals surface area contributed by atoms with Crippen molar-refractivity contribution in [2.45, 2.75) is 12.6 Å². The zero-order valence-corrected chi connectivity index (χ0v) is 11.6. The SMILES string of the molecule is CN1Cc2cc(C(O)CS(C)(=O)=O)ccc2NC1=O. The highest BCUT2D eigenvalue weighted by Gasteiger charge is 2.21. The molecule has 0 spiro atoms. The van der Waals surface area contributed by atoms with E-state index < -0.39 is 15.9 Å². The summed E-state index contributed by atoms with van der Waals surface area (Å²) in [6.07, 6.45) is 0.0334. The second-order valence-corrected chi connectivity index (χ2v) is 7.00. The van der Waals surface area contributed by atoms with Crippen LogP contribution in [-0.4, -0.2) is 43.5 Å². The molecule has 7 heteroatoms. The standard InChI is InChI=1S/C12H16N2O4S/c1-14-6-9-5-8(11(15)7-19(2,17)18)3-4-10(9)13-12(14)16/h3-5,11,15H,6-7H2,1-2H3,(H,13,16). The van der Waals surface area contributed by atoms with Crippen molar-refractivity contribution in [2.24, 2.45) is 0 Å². The van der Waals surface area contributed by atoms with Gasteiger partial charge < -0.3 is 15.3 Å². The number of amides is 2. The van der Waals surface area contributed by atoms with Gasteiger partial charge in [-0.25, -0.2) is 13.2 Å². The Balaban J connectivity index is 2.26. The number of rotatable bonds is 3. The van der Waals surface area contributed by atoms with E-state index in [1.54, 1.807) is 25.2 Å². The number of hydrogen-bond acceptors (Lipinski definition) is 4. The van der Waals surface area contributed by atoms with Crippen LogP contribution in [0, 0.1) is 0 Å². The van der Waals surface area contributed by atoms with Gasteiger partial charge in [-0.05, 0) is 23.3 Å². The molecule has 104 valence electrons. The molecule has 6 nitrogen and oxygen atoms in total. The van der Waals surface area contributed by atoms with E-state index in [1.165, 1.54) is 4.90 Å². The minimum atomic E-state index is -3.24. The van der Waals surface area contributed by atoms with E-state index in [4.69, 9.17) is 0 Å². The number of benzene rings is 1. The average Bonchev–Trinajstić information content (AvgIpc) is 2.27. The van der Waals surface area contributed by atoms with Gasteiger partial charge in [0.05, 0.1) is 11.9 Å². The van der Waals surface area contributed by atoms with E-state index in [2.05, 4.69) is 5.32 Å². The van der Waals surface area contributed by atoms with Gasteiger partial charge in [0.15, 0.2) is 0 Å². The molecular formula is C12H16N2O4S. The lowest BCUT2D eigenvalue weighted by Crippen LogP contribution is -2.35. The van der Waals surface area contributed by atoms with Crippen molar-refractivity contribution in [1.29, 1.82) is 0 Å². The Hall–Kier alpha value is -1.60. The predicted octanol–water partition coefficient (Wildman–Crippen LogP) is 0.742.